The van der Waals surface area contributed by atoms with Crippen molar-refractivity contribution < 1.29 is 14.3 Å². The van der Waals surface area contributed by atoms with Gasteiger partial charge >= 0.3 is 5.97 Å². The quantitative estimate of drug-likeness (QED) is 0.394. The van der Waals surface area contributed by atoms with Gasteiger partial charge in [-0.3, -0.25) is 0 Å². The number of nitrogens with zero attached hydrogens (tertiary/aromatic N) is 4. The molecule has 0 spiro atoms. The molecule has 36 heavy (non-hydrogen) atoms. The standard InChI is InChI=1S/C28H24FN5O2/c1-16-11-22(17(2)31-23-6-4-3-5-21(23)28(35)36)26-24(12-16)32-25(14-30)27(33-26)34-10-9-18-13-20(29)8-7-19(18)15-34/h3-8,11-13,17,31H,9-10,15H2,1-2H3,(H,35,36)/t17-/m1/s1. The van der Waals surface area contributed by atoms with Crippen LogP contribution in [-0.2, 0) is 13.0 Å². The Morgan fingerprint density at radius 3 is 2.75 bits per heavy atom. The molecule has 0 amide bonds. The SMILES string of the molecule is Cc1cc([C@@H](C)Nc2ccccc2C(=O)O)c2nc(N3CCc4cc(F)ccc4C3)c(C#N)nc2c1. The third-order valence-corrected chi connectivity index (χ3v) is 6.51. The van der Waals surface area contributed by atoms with Crippen molar-refractivity contribution in [2.75, 3.05) is 16.8 Å². The van der Waals surface area contributed by atoms with Crippen molar-refractivity contribution in [3.05, 3.63) is 93.9 Å². The summed E-state index contributed by atoms with van der Waals surface area (Å²) in [4.78, 5) is 23.3. The molecule has 1 atom stereocenters. The molecule has 3 aromatic carbocycles. The number of nitriles is 1. The third kappa shape index (κ3) is 4.31. The first-order chi connectivity index (χ1) is 17.3. The molecule has 1 aliphatic rings. The van der Waals surface area contributed by atoms with E-state index in [1.807, 2.05) is 30.9 Å². The molecule has 4 aromatic rings. The number of anilines is 2. The number of aryl methyl sites for hydroxylation is 1. The Balaban J connectivity index is 1.57. The lowest BCUT2D eigenvalue weighted by Crippen LogP contribution is -2.32. The van der Waals surface area contributed by atoms with Gasteiger partial charge in [-0.1, -0.05) is 24.3 Å². The van der Waals surface area contributed by atoms with Crippen LogP contribution in [0.2, 0.25) is 0 Å². The van der Waals surface area contributed by atoms with Crippen LogP contribution in [0.4, 0.5) is 15.9 Å². The van der Waals surface area contributed by atoms with E-state index < -0.39 is 5.97 Å². The molecular weight excluding hydrogens is 457 g/mol. The number of carbonyl (C=O) groups is 1. The Morgan fingerprint density at radius 2 is 1.97 bits per heavy atom. The number of halogens is 1. The van der Waals surface area contributed by atoms with Crippen molar-refractivity contribution in [3.63, 3.8) is 0 Å². The molecule has 2 N–H and O–H groups in total. The van der Waals surface area contributed by atoms with Crippen LogP contribution in [0.5, 0.6) is 0 Å². The van der Waals surface area contributed by atoms with Gasteiger partial charge in [-0.15, -0.1) is 0 Å². The molecule has 0 radical (unpaired) electrons. The average Bonchev–Trinajstić information content (AvgIpc) is 2.87. The van der Waals surface area contributed by atoms with Gasteiger partial charge in [0.15, 0.2) is 11.5 Å². The molecule has 1 aromatic heterocycles. The lowest BCUT2D eigenvalue weighted by atomic mass is 9.99. The summed E-state index contributed by atoms with van der Waals surface area (Å²) in [5.41, 5.74) is 5.94. The van der Waals surface area contributed by atoms with E-state index in [1.54, 1.807) is 36.4 Å². The first-order valence-electron chi connectivity index (χ1n) is 11.7. The minimum Gasteiger partial charge on any atom is -0.478 e. The molecule has 8 heteroatoms. The van der Waals surface area contributed by atoms with Gasteiger partial charge in [0.05, 0.1) is 22.6 Å². The summed E-state index contributed by atoms with van der Waals surface area (Å²) in [6, 6.07) is 17.3. The van der Waals surface area contributed by atoms with E-state index in [0.717, 1.165) is 22.3 Å². The topological polar surface area (TPSA) is 102 Å². The fourth-order valence-corrected chi connectivity index (χ4v) is 4.76. The zero-order valence-electron chi connectivity index (χ0n) is 19.9. The number of benzene rings is 3. The highest BCUT2D eigenvalue weighted by Crippen LogP contribution is 2.32. The summed E-state index contributed by atoms with van der Waals surface area (Å²) >= 11 is 0. The first-order valence-corrected chi connectivity index (χ1v) is 11.7. The number of carboxylic acid groups (broad SMARTS) is 1. The average molecular weight is 482 g/mol. The molecular formula is C28H24FN5O2. The molecule has 0 unspecified atom stereocenters. The Hall–Kier alpha value is -4.51. The highest BCUT2D eigenvalue weighted by atomic mass is 19.1. The van der Waals surface area contributed by atoms with Crippen LogP contribution < -0.4 is 10.2 Å². The summed E-state index contributed by atoms with van der Waals surface area (Å²) in [5.74, 6) is -0.773. The molecule has 0 saturated heterocycles. The fraction of sp³-hybridized carbons (Fsp3) is 0.214. The second-order valence-electron chi connectivity index (χ2n) is 9.03. The molecule has 0 bridgehead atoms. The lowest BCUT2D eigenvalue weighted by Gasteiger charge is -2.30. The van der Waals surface area contributed by atoms with Crippen LogP contribution in [0.15, 0.2) is 54.6 Å². The van der Waals surface area contributed by atoms with E-state index in [0.29, 0.717) is 42.0 Å². The predicted octanol–water partition coefficient (Wildman–Crippen LogP) is 5.38. The van der Waals surface area contributed by atoms with Gasteiger partial charge in [-0.25, -0.2) is 19.2 Å². The molecule has 7 nitrogen and oxygen atoms in total. The van der Waals surface area contributed by atoms with Gasteiger partial charge in [0, 0.05) is 24.3 Å². The Bertz CT molecular complexity index is 1550. The highest BCUT2D eigenvalue weighted by Gasteiger charge is 2.24. The third-order valence-electron chi connectivity index (χ3n) is 6.51. The summed E-state index contributed by atoms with van der Waals surface area (Å²) in [6.07, 6.45) is 0.641. The Labute approximate surface area is 207 Å². The van der Waals surface area contributed by atoms with Crippen molar-refractivity contribution in [1.82, 2.24) is 9.97 Å². The number of para-hydroxylation sites is 1. The molecule has 180 valence electrons. The smallest absolute Gasteiger partial charge is 0.337 e. The van der Waals surface area contributed by atoms with Crippen LogP contribution in [0.1, 0.15) is 51.3 Å². The van der Waals surface area contributed by atoms with E-state index in [-0.39, 0.29) is 23.1 Å². The van der Waals surface area contributed by atoms with Gasteiger partial charge in [-0.2, -0.15) is 5.26 Å². The number of aromatic carboxylic acids is 1. The minimum atomic E-state index is -1.01. The minimum absolute atomic E-state index is 0.184. The van der Waals surface area contributed by atoms with Crippen LogP contribution in [0.25, 0.3) is 11.0 Å². The van der Waals surface area contributed by atoms with E-state index >= 15 is 0 Å². The van der Waals surface area contributed by atoms with Gasteiger partial charge < -0.3 is 15.3 Å². The van der Waals surface area contributed by atoms with E-state index in [9.17, 15) is 19.6 Å². The van der Waals surface area contributed by atoms with E-state index in [2.05, 4.69) is 16.4 Å². The number of hydrogen-bond donors (Lipinski definition) is 2. The maximum atomic E-state index is 13.7. The summed E-state index contributed by atoms with van der Waals surface area (Å²) in [7, 11) is 0. The van der Waals surface area contributed by atoms with Crippen LogP contribution in [-0.4, -0.2) is 27.6 Å². The molecule has 0 saturated carbocycles. The van der Waals surface area contributed by atoms with Crippen molar-refractivity contribution >= 4 is 28.5 Å². The number of aromatic nitrogens is 2. The second-order valence-corrected chi connectivity index (χ2v) is 9.03. The maximum Gasteiger partial charge on any atom is 0.337 e. The zero-order chi connectivity index (χ0) is 25.4. The normalized spacial score (nSPS) is 13.7. The predicted molar refractivity (Wildman–Crippen MR) is 136 cm³/mol. The number of fused-ring (bicyclic) bond motifs is 2. The van der Waals surface area contributed by atoms with Gasteiger partial charge in [-0.05, 0) is 67.3 Å². The molecule has 1 aliphatic heterocycles. The van der Waals surface area contributed by atoms with Crippen molar-refractivity contribution in [1.29, 1.82) is 5.26 Å². The van der Waals surface area contributed by atoms with E-state index in [1.165, 1.54) is 6.07 Å². The molecule has 2 heterocycles. The zero-order valence-corrected chi connectivity index (χ0v) is 19.9. The maximum absolute atomic E-state index is 13.7. The molecule has 0 fully saturated rings. The van der Waals surface area contributed by atoms with Crippen LogP contribution >= 0.6 is 0 Å². The molecule has 0 aliphatic carbocycles. The van der Waals surface area contributed by atoms with Crippen molar-refractivity contribution in [3.8, 4) is 6.07 Å². The summed E-state index contributed by atoms with van der Waals surface area (Å²) in [6.45, 7) is 4.99. The van der Waals surface area contributed by atoms with Crippen molar-refractivity contribution in [2.45, 2.75) is 32.9 Å². The number of hydrogen-bond acceptors (Lipinski definition) is 6. The summed E-state index contributed by atoms with van der Waals surface area (Å²) < 4.78 is 13.7. The van der Waals surface area contributed by atoms with Crippen LogP contribution in [0.3, 0.4) is 0 Å². The Kier molecular flexibility index (Phi) is 5.98. The van der Waals surface area contributed by atoms with E-state index in [4.69, 9.17) is 4.98 Å². The number of rotatable bonds is 5. The lowest BCUT2D eigenvalue weighted by molar-refractivity contribution is 0.0698. The Morgan fingerprint density at radius 1 is 1.17 bits per heavy atom. The number of nitrogens with one attached hydrogen (secondary N) is 1. The monoisotopic (exact) mass is 481 g/mol. The molecule has 5 rings (SSSR count). The largest absolute Gasteiger partial charge is 0.478 e. The highest BCUT2D eigenvalue weighted by molar-refractivity contribution is 5.94. The van der Waals surface area contributed by atoms with Gasteiger partial charge in [0.2, 0.25) is 0 Å². The van der Waals surface area contributed by atoms with Crippen molar-refractivity contribution in [2.24, 2.45) is 0 Å². The van der Waals surface area contributed by atoms with Gasteiger partial charge in [0.25, 0.3) is 0 Å². The van der Waals surface area contributed by atoms with Crippen LogP contribution in [0, 0.1) is 24.1 Å². The fourth-order valence-electron chi connectivity index (χ4n) is 4.76. The second kappa shape index (κ2) is 9.27. The first kappa shape index (κ1) is 23.2. The number of carboxylic acids is 1. The van der Waals surface area contributed by atoms with Gasteiger partial charge in [0.1, 0.15) is 11.9 Å². The summed E-state index contributed by atoms with van der Waals surface area (Å²) in [5, 5.41) is 22.7.